The fraction of sp³-hybridized carbons (Fsp3) is 0.667. The molecule has 0 aromatic rings. The molecule has 0 heterocycles. The zero-order chi connectivity index (χ0) is 8.77. The summed E-state index contributed by atoms with van der Waals surface area (Å²) >= 11 is 0. The van der Waals surface area contributed by atoms with E-state index in [1.54, 1.807) is 0 Å². The standard InChI is InChI=1S/C9H13NO2/c1-12-8(11)9(10)5-6-2-3-7(9)4-6/h2-3,6-7H,4-5,10H2,1H3. The van der Waals surface area contributed by atoms with E-state index in [0.717, 1.165) is 12.8 Å². The molecule has 3 unspecified atom stereocenters. The Morgan fingerprint density at radius 3 is 2.83 bits per heavy atom. The van der Waals surface area contributed by atoms with Crippen LogP contribution < -0.4 is 5.73 Å². The van der Waals surface area contributed by atoms with E-state index in [9.17, 15) is 4.79 Å². The number of ether oxygens (including phenoxy) is 1. The normalized spacial score (nSPS) is 43.5. The third kappa shape index (κ3) is 0.829. The summed E-state index contributed by atoms with van der Waals surface area (Å²) in [4.78, 5) is 11.3. The molecule has 2 N–H and O–H groups in total. The van der Waals surface area contributed by atoms with Crippen molar-refractivity contribution in [1.29, 1.82) is 0 Å². The summed E-state index contributed by atoms with van der Waals surface area (Å²) in [6, 6.07) is 0. The van der Waals surface area contributed by atoms with Gasteiger partial charge in [-0.15, -0.1) is 0 Å². The molecule has 1 saturated carbocycles. The van der Waals surface area contributed by atoms with Crippen molar-refractivity contribution in [2.24, 2.45) is 17.6 Å². The Kier molecular flexibility index (Phi) is 1.51. The SMILES string of the molecule is COC(=O)C1(N)CC2C=CC1C2. The molecule has 2 aliphatic rings. The molecule has 0 saturated heterocycles. The minimum Gasteiger partial charge on any atom is -0.468 e. The van der Waals surface area contributed by atoms with Gasteiger partial charge < -0.3 is 10.5 Å². The summed E-state index contributed by atoms with van der Waals surface area (Å²) in [5.74, 6) is 0.438. The van der Waals surface area contributed by atoms with Crippen LogP contribution in [0.25, 0.3) is 0 Å². The van der Waals surface area contributed by atoms with Crippen LogP contribution in [-0.2, 0) is 9.53 Å². The van der Waals surface area contributed by atoms with E-state index in [1.165, 1.54) is 7.11 Å². The lowest BCUT2D eigenvalue weighted by Crippen LogP contribution is -2.51. The average molecular weight is 167 g/mol. The van der Waals surface area contributed by atoms with E-state index in [-0.39, 0.29) is 11.9 Å². The van der Waals surface area contributed by atoms with Crippen LogP contribution in [0.1, 0.15) is 12.8 Å². The van der Waals surface area contributed by atoms with Crippen molar-refractivity contribution >= 4 is 5.97 Å². The number of esters is 1. The van der Waals surface area contributed by atoms with Gasteiger partial charge in [-0.25, -0.2) is 0 Å². The fourth-order valence-corrected chi connectivity index (χ4v) is 2.32. The van der Waals surface area contributed by atoms with Crippen LogP contribution in [0.4, 0.5) is 0 Å². The van der Waals surface area contributed by atoms with Crippen molar-refractivity contribution in [1.82, 2.24) is 0 Å². The maximum atomic E-state index is 11.3. The number of hydrogen-bond acceptors (Lipinski definition) is 3. The number of carbonyl (C=O) groups is 1. The van der Waals surface area contributed by atoms with Gasteiger partial charge in [-0.3, -0.25) is 4.79 Å². The summed E-state index contributed by atoms with van der Waals surface area (Å²) in [5, 5.41) is 0. The van der Waals surface area contributed by atoms with E-state index in [0.29, 0.717) is 5.92 Å². The average Bonchev–Trinajstić information content (AvgIpc) is 2.62. The molecule has 3 atom stereocenters. The van der Waals surface area contributed by atoms with E-state index in [1.807, 2.05) is 6.08 Å². The fourth-order valence-electron chi connectivity index (χ4n) is 2.32. The highest BCUT2D eigenvalue weighted by molar-refractivity contribution is 5.82. The molecule has 3 nitrogen and oxygen atoms in total. The largest absolute Gasteiger partial charge is 0.468 e. The van der Waals surface area contributed by atoms with E-state index in [2.05, 4.69) is 6.08 Å². The first-order valence-corrected chi connectivity index (χ1v) is 4.22. The molecule has 66 valence electrons. The maximum Gasteiger partial charge on any atom is 0.326 e. The summed E-state index contributed by atoms with van der Waals surface area (Å²) in [7, 11) is 1.40. The van der Waals surface area contributed by atoms with Gasteiger partial charge in [0.05, 0.1) is 7.11 Å². The van der Waals surface area contributed by atoms with Gasteiger partial charge in [-0.2, -0.15) is 0 Å². The van der Waals surface area contributed by atoms with E-state index < -0.39 is 5.54 Å². The first-order chi connectivity index (χ1) is 5.66. The third-order valence-corrected chi connectivity index (χ3v) is 3.00. The van der Waals surface area contributed by atoms with Gasteiger partial charge in [0.1, 0.15) is 5.54 Å². The van der Waals surface area contributed by atoms with Crippen LogP contribution in [-0.4, -0.2) is 18.6 Å². The molecule has 12 heavy (non-hydrogen) atoms. The molecule has 0 aliphatic heterocycles. The van der Waals surface area contributed by atoms with Crippen molar-refractivity contribution in [3.05, 3.63) is 12.2 Å². The topological polar surface area (TPSA) is 52.3 Å². The summed E-state index contributed by atoms with van der Waals surface area (Å²) in [5.41, 5.74) is 5.24. The summed E-state index contributed by atoms with van der Waals surface area (Å²) < 4.78 is 4.69. The van der Waals surface area contributed by atoms with Crippen LogP contribution in [0.3, 0.4) is 0 Å². The van der Waals surface area contributed by atoms with Gasteiger partial charge in [0.15, 0.2) is 0 Å². The molecule has 2 aliphatic carbocycles. The lowest BCUT2D eigenvalue weighted by Gasteiger charge is -2.27. The molecule has 3 heteroatoms. The molecule has 1 fully saturated rings. The van der Waals surface area contributed by atoms with Crippen molar-refractivity contribution in [3.8, 4) is 0 Å². The second kappa shape index (κ2) is 2.33. The van der Waals surface area contributed by atoms with Crippen LogP contribution >= 0.6 is 0 Å². The van der Waals surface area contributed by atoms with Gasteiger partial charge in [-0.05, 0) is 18.8 Å². The molecular formula is C9H13NO2. The number of nitrogens with two attached hydrogens (primary N) is 1. The Bertz CT molecular complexity index is 249. The number of rotatable bonds is 1. The second-order valence-corrected chi connectivity index (χ2v) is 3.72. The van der Waals surface area contributed by atoms with Crippen LogP contribution in [0, 0.1) is 11.8 Å². The van der Waals surface area contributed by atoms with Gasteiger partial charge >= 0.3 is 5.97 Å². The second-order valence-electron chi connectivity index (χ2n) is 3.72. The molecule has 0 aromatic carbocycles. The first-order valence-electron chi connectivity index (χ1n) is 4.22. The number of allylic oxidation sites excluding steroid dienone is 1. The Balaban J connectivity index is 2.23. The Morgan fingerprint density at radius 1 is 1.67 bits per heavy atom. The highest BCUT2D eigenvalue weighted by Gasteiger charge is 2.51. The predicted octanol–water partition coefficient (Wildman–Crippen LogP) is 0.453. The Hall–Kier alpha value is -0.830. The summed E-state index contributed by atoms with van der Waals surface area (Å²) in [6.45, 7) is 0. The smallest absolute Gasteiger partial charge is 0.326 e. The van der Waals surface area contributed by atoms with Crippen molar-refractivity contribution in [3.63, 3.8) is 0 Å². The van der Waals surface area contributed by atoms with Crippen LogP contribution in [0.15, 0.2) is 12.2 Å². The Morgan fingerprint density at radius 2 is 2.42 bits per heavy atom. The summed E-state index contributed by atoms with van der Waals surface area (Å²) in [6.07, 6.45) is 5.97. The van der Waals surface area contributed by atoms with Gasteiger partial charge in [-0.1, -0.05) is 12.2 Å². The molecule has 2 rings (SSSR count). The van der Waals surface area contributed by atoms with E-state index >= 15 is 0 Å². The predicted molar refractivity (Wildman–Crippen MR) is 44.3 cm³/mol. The van der Waals surface area contributed by atoms with Crippen molar-refractivity contribution in [2.75, 3.05) is 7.11 Å². The van der Waals surface area contributed by atoms with Crippen LogP contribution in [0.2, 0.25) is 0 Å². The van der Waals surface area contributed by atoms with Crippen molar-refractivity contribution < 1.29 is 9.53 Å². The van der Waals surface area contributed by atoms with Gasteiger partial charge in [0.25, 0.3) is 0 Å². The lowest BCUT2D eigenvalue weighted by atomic mass is 9.86. The molecule has 0 radical (unpaired) electrons. The number of carbonyl (C=O) groups excluding carboxylic acids is 1. The number of fused-ring (bicyclic) bond motifs is 2. The monoisotopic (exact) mass is 167 g/mol. The number of hydrogen-bond donors (Lipinski definition) is 1. The van der Waals surface area contributed by atoms with Crippen LogP contribution in [0.5, 0.6) is 0 Å². The zero-order valence-electron chi connectivity index (χ0n) is 7.12. The minimum absolute atomic E-state index is 0.204. The number of methoxy groups -OCH3 is 1. The third-order valence-electron chi connectivity index (χ3n) is 3.00. The first kappa shape index (κ1) is 7.80. The molecule has 2 bridgehead atoms. The maximum absolute atomic E-state index is 11.3. The molecular weight excluding hydrogens is 154 g/mol. The highest BCUT2D eigenvalue weighted by Crippen LogP contribution is 2.45. The molecule has 0 amide bonds. The minimum atomic E-state index is -0.728. The van der Waals surface area contributed by atoms with Crippen molar-refractivity contribution in [2.45, 2.75) is 18.4 Å². The highest BCUT2D eigenvalue weighted by atomic mass is 16.5. The quantitative estimate of drug-likeness (QED) is 0.456. The van der Waals surface area contributed by atoms with E-state index in [4.69, 9.17) is 10.5 Å². The zero-order valence-corrected chi connectivity index (χ0v) is 7.12. The molecule has 0 aromatic heterocycles. The van der Waals surface area contributed by atoms with Gasteiger partial charge in [0.2, 0.25) is 0 Å². The Labute approximate surface area is 71.6 Å². The van der Waals surface area contributed by atoms with Gasteiger partial charge in [0, 0.05) is 5.92 Å². The lowest BCUT2D eigenvalue weighted by molar-refractivity contribution is -0.148. The molecule has 0 spiro atoms.